The second-order valence-corrected chi connectivity index (χ2v) is 6.11. The molecule has 19 heavy (non-hydrogen) atoms. The minimum absolute atomic E-state index is 0.0287. The van der Waals surface area contributed by atoms with Crippen LogP contribution >= 0.6 is 22.6 Å². The Kier molecular flexibility index (Phi) is 3.26. The molecule has 2 heterocycles. The minimum Gasteiger partial charge on any atom is -0.348 e. The van der Waals surface area contributed by atoms with Crippen LogP contribution in [0.3, 0.4) is 0 Å². The van der Waals surface area contributed by atoms with Gasteiger partial charge in [-0.3, -0.25) is 4.68 Å². The van der Waals surface area contributed by atoms with Crippen molar-refractivity contribution in [3.8, 4) is 0 Å². The van der Waals surface area contributed by atoms with Crippen molar-refractivity contribution >= 4 is 33.5 Å². The third-order valence-electron chi connectivity index (χ3n) is 3.11. The molecule has 1 saturated heterocycles. The minimum atomic E-state index is -0.535. The molecule has 0 amide bonds. The number of halogens is 2. The van der Waals surface area contributed by atoms with Crippen molar-refractivity contribution in [2.45, 2.75) is 32.3 Å². The van der Waals surface area contributed by atoms with Crippen LogP contribution in [0.15, 0.2) is 18.2 Å². The zero-order chi connectivity index (χ0) is 13.6. The average Bonchev–Trinajstić information content (AvgIpc) is 2.81. The van der Waals surface area contributed by atoms with E-state index in [4.69, 9.17) is 9.47 Å². The Labute approximate surface area is 124 Å². The second kappa shape index (κ2) is 4.68. The highest BCUT2D eigenvalue weighted by Gasteiger charge is 2.33. The van der Waals surface area contributed by atoms with E-state index in [0.717, 1.165) is 14.6 Å². The summed E-state index contributed by atoms with van der Waals surface area (Å²) in [5, 5.41) is 5.28. The van der Waals surface area contributed by atoms with Crippen LogP contribution in [0.25, 0.3) is 10.9 Å². The smallest absolute Gasteiger partial charge is 0.163 e. The van der Waals surface area contributed by atoms with Gasteiger partial charge in [0.15, 0.2) is 5.79 Å². The summed E-state index contributed by atoms with van der Waals surface area (Å²) < 4.78 is 27.2. The number of benzene rings is 1. The number of fused-ring (bicyclic) bond motifs is 1. The first kappa shape index (κ1) is 13.3. The van der Waals surface area contributed by atoms with Gasteiger partial charge in [-0.2, -0.15) is 5.10 Å². The lowest BCUT2D eigenvalue weighted by atomic mass is 10.2. The average molecular weight is 376 g/mol. The van der Waals surface area contributed by atoms with Crippen LogP contribution in [-0.2, 0) is 16.0 Å². The van der Waals surface area contributed by atoms with E-state index in [0.29, 0.717) is 13.2 Å². The molecule has 3 rings (SSSR count). The van der Waals surface area contributed by atoms with Crippen LogP contribution in [0.2, 0.25) is 0 Å². The van der Waals surface area contributed by atoms with Gasteiger partial charge in [-0.05, 0) is 54.6 Å². The Morgan fingerprint density at radius 1 is 1.53 bits per heavy atom. The molecule has 0 N–H and O–H groups in total. The molecule has 0 bridgehead atoms. The van der Waals surface area contributed by atoms with E-state index in [-0.39, 0.29) is 11.9 Å². The van der Waals surface area contributed by atoms with Crippen molar-refractivity contribution in [1.82, 2.24) is 9.78 Å². The zero-order valence-electron chi connectivity index (χ0n) is 10.7. The van der Waals surface area contributed by atoms with E-state index in [9.17, 15) is 4.39 Å². The van der Waals surface area contributed by atoms with Gasteiger partial charge in [-0.15, -0.1) is 0 Å². The third-order valence-corrected chi connectivity index (χ3v) is 3.91. The standard InChI is InChI=1S/C13H14FIN2O2/c1-13(2)18-7-9(19-13)6-17-11-4-3-8(14)5-10(11)12(15)16-17/h3-5,9H,6-7H2,1-2H3. The molecule has 0 spiro atoms. The SMILES string of the molecule is CC1(C)OCC(Cn2nc(I)c3cc(F)ccc32)O1. The summed E-state index contributed by atoms with van der Waals surface area (Å²) in [6, 6.07) is 4.71. The molecule has 102 valence electrons. The van der Waals surface area contributed by atoms with E-state index < -0.39 is 5.79 Å². The number of ether oxygens (including phenoxy) is 2. The van der Waals surface area contributed by atoms with Crippen molar-refractivity contribution in [1.29, 1.82) is 0 Å². The van der Waals surface area contributed by atoms with Crippen LogP contribution in [0.4, 0.5) is 4.39 Å². The quantitative estimate of drug-likeness (QED) is 0.757. The van der Waals surface area contributed by atoms with Gasteiger partial charge < -0.3 is 9.47 Å². The summed E-state index contributed by atoms with van der Waals surface area (Å²) in [5.41, 5.74) is 0.916. The topological polar surface area (TPSA) is 36.3 Å². The second-order valence-electron chi connectivity index (χ2n) is 5.09. The maximum Gasteiger partial charge on any atom is 0.163 e. The van der Waals surface area contributed by atoms with Gasteiger partial charge in [0, 0.05) is 5.39 Å². The fraction of sp³-hybridized carbons (Fsp3) is 0.462. The van der Waals surface area contributed by atoms with Crippen LogP contribution in [-0.4, -0.2) is 28.3 Å². The van der Waals surface area contributed by atoms with Gasteiger partial charge >= 0.3 is 0 Å². The molecule has 1 fully saturated rings. The normalized spacial score (nSPS) is 22.2. The summed E-state index contributed by atoms with van der Waals surface area (Å²) in [6.45, 7) is 4.95. The van der Waals surface area contributed by atoms with Gasteiger partial charge in [0.2, 0.25) is 0 Å². The number of hydrogen-bond acceptors (Lipinski definition) is 3. The summed E-state index contributed by atoms with van der Waals surface area (Å²) in [6.07, 6.45) is -0.0287. The lowest BCUT2D eigenvalue weighted by Crippen LogP contribution is -2.24. The third kappa shape index (κ3) is 2.61. The van der Waals surface area contributed by atoms with E-state index in [1.807, 2.05) is 18.5 Å². The van der Waals surface area contributed by atoms with Gasteiger partial charge in [0.05, 0.1) is 18.7 Å². The zero-order valence-corrected chi connectivity index (χ0v) is 12.8. The lowest BCUT2D eigenvalue weighted by Gasteiger charge is -2.17. The Balaban J connectivity index is 1.90. The maximum atomic E-state index is 13.2. The molecule has 2 aromatic rings. The molecule has 1 aliphatic rings. The van der Waals surface area contributed by atoms with Crippen molar-refractivity contribution in [3.05, 3.63) is 27.7 Å². The predicted octanol–water partition coefficient (Wildman–Crippen LogP) is 2.93. The number of aromatic nitrogens is 2. The highest BCUT2D eigenvalue weighted by molar-refractivity contribution is 14.1. The largest absolute Gasteiger partial charge is 0.348 e. The highest BCUT2D eigenvalue weighted by Crippen LogP contribution is 2.26. The monoisotopic (exact) mass is 376 g/mol. The van der Waals surface area contributed by atoms with E-state index in [1.54, 1.807) is 6.07 Å². The Morgan fingerprint density at radius 2 is 2.32 bits per heavy atom. The van der Waals surface area contributed by atoms with E-state index in [1.165, 1.54) is 12.1 Å². The first-order valence-corrected chi connectivity index (χ1v) is 7.16. The predicted molar refractivity (Wildman–Crippen MR) is 77.3 cm³/mol. The number of nitrogens with zero attached hydrogens (tertiary/aromatic N) is 2. The highest BCUT2D eigenvalue weighted by atomic mass is 127. The van der Waals surface area contributed by atoms with Gasteiger partial charge in [-0.25, -0.2) is 4.39 Å². The summed E-state index contributed by atoms with van der Waals surface area (Å²) >= 11 is 2.12. The van der Waals surface area contributed by atoms with Gasteiger partial charge in [0.1, 0.15) is 15.6 Å². The Bertz CT molecular complexity index is 626. The molecule has 1 aromatic heterocycles. The maximum absolute atomic E-state index is 13.2. The Hall–Kier alpha value is -0.730. The molecule has 1 aromatic carbocycles. The van der Waals surface area contributed by atoms with Crippen LogP contribution in [0, 0.1) is 9.52 Å². The summed E-state index contributed by atoms with van der Waals surface area (Å²) in [7, 11) is 0. The van der Waals surface area contributed by atoms with Crippen LogP contribution in [0.5, 0.6) is 0 Å². The molecule has 6 heteroatoms. The fourth-order valence-electron chi connectivity index (χ4n) is 2.30. The fourth-order valence-corrected chi connectivity index (χ4v) is 2.99. The molecule has 4 nitrogen and oxygen atoms in total. The van der Waals surface area contributed by atoms with Crippen LogP contribution in [0.1, 0.15) is 13.8 Å². The molecular weight excluding hydrogens is 362 g/mol. The van der Waals surface area contributed by atoms with Gasteiger partial charge in [-0.1, -0.05) is 0 Å². The molecular formula is C13H14FIN2O2. The molecule has 1 atom stereocenters. The summed E-state index contributed by atoms with van der Waals surface area (Å²) in [4.78, 5) is 0. The molecule has 0 radical (unpaired) electrons. The summed E-state index contributed by atoms with van der Waals surface area (Å²) in [5.74, 6) is -0.779. The van der Waals surface area contributed by atoms with Crippen molar-refractivity contribution in [3.63, 3.8) is 0 Å². The molecule has 1 aliphatic heterocycles. The number of rotatable bonds is 2. The van der Waals surface area contributed by atoms with Gasteiger partial charge in [0.25, 0.3) is 0 Å². The molecule has 1 unspecified atom stereocenters. The van der Waals surface area contributed by atoms with Crippen molar-refractivity contribution in [2.24, 2.45) is 0 Å². The first-order chi connectivity index (χ1) is 8.94. The van der Waals surface area contributed by atoms with Crippen LogP contribution < -0.4 is 0 Å². The first-order valence-electron chi connectivity index (χ1n) is 6.08. The lowest BCUT2D eigenvalue weighted by molar-refractivity contribution is -0.139. The van der Waals surface area contributed by atoms with Crippen molar-refractivity contribution < 1.29 is 13.9 Å². The van der Waals surface area contributed by atoms with Crippen molar-refractivity contribution in [2.75, 3.05) is 6.61 Å². The molecule has 0 aliphatic carbocycles. The Morgan fingerprint density at radius 3 is 3.00 bits per heavy atom. The molecule has 0 saturated carbocycles. The van der Waals surface area contributed by atoms with E-state index >= 15 is 0 Å². The number of hydrogen-bond donors (Lipinski definition) is 0. The van der Waals surface area contributed by atoms with E-state index in [2.05, 4.69) is 27.7 Å².